The van der Waals surface area contributed by atoms with E-state index < -0.39 is 0 Å². The monoisotopic (exact) mass is 288 g/mol. The minimum absolute atomic E-state index is 0.145. The predicted octanol–water partition coefficient (Wildman–Crippen LogP) is 2.52. The van der Waals surface area contributed by atoms with Gasteiger partial charge in [-0.2, -0.15) is 0 Å². The third-order valence-corrected chi connectivity index (χ3v) is 3.50. The van der Waals surface area contributed by atoms with Crippen molar-refractivity contribution in [3.63, 3.8) is 0 Å². The lowest BCUT2D eigenvalue weighted by atomic mass is 10.1. The minimum atomic E-state index is 0.145. The number of nitrogens with zero attached hydrogens (tertiary/aromatic N) is 1. The lowest BCUT2D eigenvalue weighted by Crippen LogP contribution is -2.27. The average molecular weight is 288 g/mol. The van der Waals surface area contributed by atoms with Gasteiger partial charge in [-0.25, -0.2) is 0 Å². The zero-order chi connectivity index (χ0) is 15.1. The molecule has 0 saturated heterocycles. The second-order valence-electron chi connectivity index (χ2n) is 5.03. The Hall–Kier alpha value is -1.62. The number of nitrogens with one attached hydrogen (secondary N) is 1. The second-order valence-corrected chi connectivity index (χ2v) is 5.03. The van der Waals surface area contributed by atoms with E-state index in [0.29, 0.717) is 6.54 Å². The highest BCUT2D eigenvalue weighted by atomic mass is 16.3. The fourth-order valence-electron chi connectivity index (χ4n) is 2.49. The lowest BCUT2D eigenvalue weighted by molar-refractivity contribution is 0.203. The third kappa shape index (κ3) is 3.94. The van der Waals surface area contributed by atoms with Gasteiger partial charge in [0.25, 0.3) is 0 Å². The Balaban J connectivity index is 2.31. The Bertz CT molecular complexity index is 577. The van der Waals surface area contributed by atoms with E-state index in [1.807, 2.05) is 24.3 Å². The summed E-state index contributed by atoms with van der Waals surface area (Å²) in [6.07, 6.45) is 1.86. The number of aliphatic hydroxyl groups excluding tert-OH is 1. The van der Waals surface area contributed by atoms with Crippen molar-refractivity contribution in [2.24, 2.45) is 0 Å². The van der Waals surface area contributed by atoms with Crippen LogP contribution < -0.4 is 5.32 Å². The molecule has 0 radical (unpaired) electrons. The quantitative estimate of drug-likeness (QED) is 0.696. The first-order valence-electron chi connectivity index (χ1n) is 7.44. The highest BCUT2D eigenvalue weighted by Crippen LogP contribution is 2.27. The Morgan fingerprint density at radius 3 is 2.90 bits per heavy atom. The van der Waals surface area contributed by atoms with Crippen molar-refractivity contribution in [3.8, 4) is 0 Å². The van der Waals surface area contributed by atoms with Crippen LogP contribution in [0.3, 0.4) is 0 Å². The first-order valence-corrected chi connectivity index (χ1v) is 7.44. The van der Waals surface area contributed by atoms with Crippen LogP contribution in [0.1, 0.15) is 18.2 Å². The van der Waals surface area contributed by atoms with Crippen LogP contribution in [0.2, 0.25) is 0 Å². The molecule has 21 heavy (non-hydrogen) atoms. The molecule has 0 fully saturated rings. The molecule has 1 heterocycles. The molecule has 0 aliphatic carbocycles. The van der Waals surface area contributed by atoms with Gasteiger partial charge >= 0.3 is 0 Å². The van der Waals surface area contributed by atoms with Crippen molar-refractivity contribution in [1.82, 2.24) is 10.2 Å². The average Bonchev–Trinajstić information content (AvgIpc) is 2.84. The minimum Gasteiger partial charge on any atom is -0.459 e. The van der Waals surface area contributed by atoms with Crippen LogP contribution in [-0.4, -0.2) is 36.2 Å². The number of rotatable bonds is 9. The molecule has 1 aromatic heterocycles. The van der Waals surface area contributed by atoms with E-state index in [0.717, 1.165) is 42.9 Å². The molecule has 1 aromatic carbocycles. The number of furan rings is 1. The molecule has 0 bridgehead atoms. The van der Waals surface area contributed by atoms with E-state index in [1.54, 1.807) is 0 Å². The predicted molar refractivity (Wildman–Crippen MR) is 86.2 cm³/mol. The Kier molecular flexibility index (Phi) is 5.99. The topological polar surface area (TPSA) is 48.6 Å². The normalized spacial score (nSPS) is 11.4. The summed E-state index contributed by atoms with van der Waals surface area (Å²) in [6, 6.07) is 8.11. The molecule has 4 nitrogen and oxygen atoms in total. The maximum absolute atomic E-state index is 9.20. The molecule has 0 aliphatic rings. The van der Waals surface area contributed by atoms with Gasteiger partial charge in [-0.1, -0.05) is 31.2 Å². The van der Waals surface area contributed by atoms with Crippen LogP contribution in [-0.2, 0) is 13.1 Å². The van der Waals surface area contributed by atoms with Gasteiger partial charge in [0.15, 0.2) is 0 Å². The van der Waals surface area contributed by atoms with Crippen LogP contribution in [0, 0.1) is 0 Å². The van der Waals surface area contributed by atoms with Crippen LogP contribution in [0.15, 0.2) is 41.3 Å². The van der Waals surface area contributed by atoms with E-state index in [1.165, 1.54) is 5.56 Å². The van der Waals surface area contributed by atoms with Crippen molar-refractivity contribution in [2.45, 2.75) is 20.0 Å². The summed E-state index contributed by atoms with van der Waals surface area (Å²) in [6.45, 7) is 9.78. The van der Waals surface area contributed by atoms with E-state index in [-0.39, 0.29) is 6.61 Å². The summed E-state index contributed by atoms with van der Waals surface area (Å²) < 4.78 is 5.98. The van der Waals surface area contributed by atoms with Crippen molar-refractivity contribution >= 4 is 11.0 Å². The number of para-hydroxylation sites is 1. The van der Waals surface area contributed by atoms with Gasteiger partial charge in [0.1, 0.15) is 11.3 Å². The molecule has 4 heteroatoms. The summed E-state index contributed by atoms with van der Waals surface area (Å²) in [4.78, 5) is 2.17. The van der Waals surface area contributed by atoms with Gasteiger partial charge in [0.05, 0.1) is 13.2 Å². The molecule has 0 saturated carbocycles. The third-order valence-electron chi connectivity index (χ3n) is 3.50. The Morgan fingerprint density at radius 2 is 2.19 bits per heavy atom. The van der Waals surface area contributed by atoms with Crippen molar-refractivity contribution in [2.75, 3.05) is 26.2 Å². The zero-order valence-corrected chi connectivity index (χ0v) is 12.6. The first-order chi connectivity index (χ1) is 10.3. The number of hydrogen-bond acceptors (Lipinski definition) is 4. The van der Waals surface area contributed by atoms with Crippen LogP contribution in [0.4, 0.5) is 0 Å². The summed E-state index contributed by atoms with van der Waals surface area (Å²) in [5, 5.41) is 13.7. The Labute approximate surface area is 126 Å². The van der Waals surface area contributed by atoms with E-state index in [9.17, 15) is 5.11 Å². The molecule has 0 unspecified atom stereocenters. The molecule has 0 aliphatic heterocycles. The first kappa shape index (κ1) is 15.8. The molecule has 0 atom stereocenters. The van der Waals surface area contributed by atoms with Crippen LogP contribution >= 0.6 is 0 Å². The smallest absolute Gasteiger partial charge is 0.134 e. The fourth-order valence-corrected chi connectivity index (χ4v) is 2.49. The fraction of sp³-hybridized carbons (Fsp3) is 0.412. The second kappa shape index (κ2) is 7.98. The molecule has 0 amide bonds. The van der Waals surface area contributed by atoms with Gasteiger partial charge in [0, 0.05) is 30.6 Å². The maximum atomic E-state index is 9.20. The number of hydrogen-bond donors (Lipinski definition) is 2. The van der Waals surface area contributed by atoms with Gasteiger partial charge in [-0.3, -0.25) is 4.90 Å². The van der Waals surface area contributed by atoms with Gasteiger partial charge < -0.3 is 14.8 Å². The summed E-state index contributed by atoms with van der Waals surface area (Å²) in [5.74, 6) is 0.977. The van der Waals surface area contributed by atoms with E-state index in [4.69, 9.17) is 4.42 Å². The standard InChI is InChI=1S/C17H24N2O2/c1-3-9-19(10-11-20)13-15-14-7-5-6-8-16(14)21-17(15)12-18-4-2/h3,5-8,18,20H,1,4,9-13H2,2H3. The highest BCUT2D eigenvalue weighted by molar-refractivity contribution is 5.82. The summed E-state index contributed by atoms with van der Waals surface area (Å²) in [5.41, 5.74) is 2.12. The summed E-state index contributed by atoms with van der Waals surface area (Å²) >= 11 is 0. The highest BCUT2D eigenvalue weighted by Gasteiger charge is 2.16. The van der Waals surface area contributed by atoms with E-state index >= 15 is 0 Å². The maximum Gasteiger partial charge on any atom is 0.134 e. The SMILES string of the molecule is C=CCN(CCO)Cc1c(CNCC)oc2ccccc12. The lowest BCUT2D eigenvalue weighted by Gasteiger charge is -2.19. The molecular weight excluding hydrogens is 264 g/mol. The molecule has 114 valence electrons. The Morgan fingerprint density at radius 1 is 1.38 bits per heavy atom. The number of fused-ring (bicyclic) bond motifs is 1. The number of aliphatic hydroxyl groups is 1. The number of benzene rings is 1. The van der Waals surface area contributed by atoms with Crippen molar-refractivity contribution in [1.29, 1.82) is 0 Å². The van der Waals surface area contributed by atoms with Crippen LogP contribution in [0.25, 0.3) is 11.0 Å². The van der Waals surface area contributed by atoms with Crippen molar-refractivity contribution < 1.29 is 9.52 Å². The summed E-state index contributed by atoms with van der Waals surface area (Å²) in [7, 11) is 0. The zero-order valence-electron chi connectivity index (χ0n) is 12.6. The molecule has 2 N–H and O–H groups in total. The largest absolute Gasteiger partial charge is 0.459 e. The molecule has 2 aromatic rings. The van der Waals surface area contributed by atoms with Crippen LogP contribution in [0.5, 0.6) is 0 Å². The molecule has 2 rings (SSSR count). The van der Waals surface area contributed by atoms with Gasteiger partial charge in [-0.15, -0.1) is 6.58 Å². The molecular formula is C17H24N2O2. The van der Waals surface area contributed by atoms with Crippen molar-refractivity contribution in [3.05, 3.63) is 48.2 Å². The van der Waals surface area contributed by atoms with Gasteiger partial charge in [0.2, 0.25) is 0 Å². The van der Waals surface area contributed by atoms with Gasteiger partial charge in [-0.05, 0) is 12.6 Å². The molecule has 0 spiro atoms. The van der Waals surface area contributed by atoms with E-state index in [2.05, 4.69) is 29.8 Å².